The summed E-state index contributed by atoms with van der Waals surface area (Å²) in [5.74, 6) is 0.270. The van der Waals surface area contributed by atoms with Crippen LogP contribution in [-0.4, -0.2) is 22.2 Å². The van der Waals surface area contributed by atoms with E-state index >= 15 is 0 Å². The van der Waals surface area contributed by atoms with Gasteiger partial charge in [-0.1, -0.05) is 11.3 Å². The highest BCUT2D eigenvalue weighted by Gasteiger charge is 2.16. The number of aromatic nitrogens is 1. The van der Waals surface area contributed by atoms with Gasteiger partial charge >= 0.3 is 4.87 Å². The van der Waals surface area contributed by atoms with Crippen LogP contribution in [-0.2, 0) is 11.3 Å². The number of furan rings is 1. The largest absolute Gasteiger partial charge is 0.467 e. The molecule has 7 heteroatoms. The van der Waals surface area contributed by atoms with Gasteiger partial charge in [0.1, 0.15) is 11.8 Å². The third-order valence-corrected chi connectivity index (χ3v) is 4.34. The van der Waals surface area contributed by atoms with Gasteiger partial charge in [-0.05, 0) is 26.0 Å². The summed E-state index contributed by atoms with van der Waals surface area (Å²) in [6, 6.07) is 2.83. The number of amides is 1. The van der Waals surface area contributed by atoms with E-state index < -0.39 is 6.04 Å². The third kappa shape index (κ3) is 3.62. The third-order valence-electron chi connectivity index (χ3n) is 3.34. The Bertz CT molecular complexity index is 657. The average Bonchev–Trinajstić information content (AvgIpc) is 3.05. The normalized spacial score (nSPS) is 12.3. The molecule has 0 aliphatic rings. The number of carbonyl (C=O) groups excluding carboxylic acids is 1. The topological polar surface area (TPSA) is 84.5 Å². The van der Waals surface area contributed by atoms with Crippen LogP contribution in [0.15, 0.2) is 27.6 Å². The molecule has 0 spiro atoms. The zero-order valence-corrected chi connectivity index (χ0v) is 12.8. The fourth-order valence-electron chi connectivity index (χ4n) is 2.02. The Morgan fingerprint density at radius 2 is 2.29 bits per heavy atom. The summed E-state index contributed by atoms with van der Waals surface area (Å²) in [5.41, 5.74) is 0.891. The van der Waals surface area contributed by atoms with Gasteiger partial charge in [-0.15, -0.1) is 0 Å². The molecule has 2 aromatic heterocycles. The first kappa shape index (κ1) is 15.5. The summed E-state index contributed by atoms with van der Waals surface area (Å²) >= 11 is 1.18. The molecule has 6 nitrogen and oxygen atoms in total. The first-order valence-corrected chi connectivity index (χ1v) is 7.45. The van der Waals surface area contributed by atoms with Crippen molar-refractivity contribution < 1.29 is 14.3 Å². The first-order valence-electron chi connectivity index (χ1n) is 6.63. The first-order chi connectivity index (χ1) is 10.0. The van der Waals surface area contributed by atoms with Gasteiger partial charge in [-0.3, -0.25) is 9.59 Å². The van der Waals surface area contributed by atoms with Gasteiger partial charge in [-0.2, -0.15) is 0 Å². The van der Waals surface area contributed by atoms with Gasteiger partial charge in [0.25, 0.3) is 0 Å². The molecule has 0 aliphatic heterocycles. The summed E-state index contributed by atoms with van der Waals surface area (Å²) in [5, 5.41) is 12.0. The van der Waals surface area contributed by atoms with Crippen molar-refractivity contribution in [2.24, 2.45) is 0 Å². The van der Waals surface area contributed by atoms with Gasteiger partial charge in [0.05, 0.1) is 12.9 Å². The zero-order chi connectivity index (χ0) is 15.4. The van der Waals surface area contributed by atoms with E-state index in [0.29, 0.717) is 12.3 Å². The summed E-state index contributed by atoms with van der Waals surface area (Å²) in [6.07, 6.45) is 1.66. The van der Waals surface area contributed by atoms with Crippen molar-refractivity contribution in [2.75, 3.05) is 6.61 Å². The Morgan fingerprint density at radius 3 is 2.81 bits per heavy atom. The number of aliphatic hydroxyl groups is 1. The van der Waals surface area contributed by atoms with Crippen molar-refractivity contribution in [3.63, 3.8) is 0 Å². The van der Waals surface area contributed by atoms with E-state index in [-0.39, 0.29) is 23.8 Å². The highest BCUT2D eigenvalue weighted by Crippen LogP contribution is 2.13. The number of hydrogen-bond acceptors (Lipinski definition) is 5. The maximum atomic E-state index is 11.9. The number of nitrogens with zero attached hydrogens (tertiary/aromatic N) is 1. The maximum absolute atomic E-state index is 11.9. The minimum atomic E-state index is -0.561. The van der Waals surface area contributed by atoms with E-state index in [1.54, 1.807) is 16.7 Å². The Labute approximate surface area is 126 Å². The lowest BCUT2D eigenvalue weighted by Crippen LogP contribution is -2.31. The van der Waals surface area contributed by atoms with E-state index in [4.69, 9.17) is 4.42 Å². The van der Waals surface area contributed by atoms with E-state index in [1.165, 1.54) is 17.6 Å². The molecule has 0 fully saturated rings. The highest BCUT2D eigenvalue weighted by molar-refractivity contribution is 7.09. The van der Waals surface area contributed by atoms with Gasteiger partial charge in [0.15, 0.2) is 0 Å². The van der Waals surface area contributed by atoms with E-state index in [9.17, 15) is 14.7 Å². The van der Waals surface area contributed by atoms with Gasteiger partial charge in [0, 0.05) is 23.5 Å². The van der Waals surface area contributed by atoms with Crippen molar-refractivity contribution in [3.8, 4) is 0 Å². The molecule has 0 saturated heterocycles. The smallest absolute Gasteiger partial charge is 0.307 e. The van der Waals surface area contributed by atoms with Gasteiger partial charge in [0.2, 0.25) is 5.91 Å². The quantitative estimate of drug-likeness (QED) is 0.844. The van der Waals surface area contributed by atoms with Crippen LogP contribution in [0.4, 0.5) is 0 Å². The molecule has 0 aliphatic carbocycles. The van der Waals surface area contributed by atoms with Crippen LogP contribution >= 0.6 is 11.3 Å². The van der Waals surface area contributed by atoms with Crippen molar-refractivity contribution in [1.29, 1.82) is 0 Å². The Balaban J connectivity index is 1.94. The number of rotatable bonds is 6. The number of carbonyl (C=O) groups is 1. The highest BCUT2D eigenvalue weighted by atomic mass is 32.1. The molecule has 2 aromatic rings. The number of hydrogen-bond donors (Lipinski definition) is 2. The average molecular weight is 310 g/mol. The fraction of sp³-hybridized carbons (Fsp3) is 0.429. The molecule has 21 heavy (non-hydrogen) atoms. The lowest BCUT2D eigenvalue weighted by molar-refractivity contribution is -0.122. The van der Waals surface area contributed by atoms with Crippen LogP contribution in [0.5, 0.6) is 0 Å². The molecule has 0 bridgehead atoms. The van der Waals surface area contributed by atoms with Crippen LogP contribution in [0.25, 0.3) is 0 Å². The molecule has 2 heterocycles. The summed E-state index contributed by atoms with van der Waals surface area (Å²) in [6.45, 7) is 3.84. The van der Waals surface area contributed by atoms with Crippen molar-refractivity contribution >= 4 is 17.2 Å². The SMILES string of the molecule is Cc1sc(=O)n(CCC(=O)NC(CO)c2ccco2)c1C. The molecule has 2 N–H and O–H groups in total. The second-order valence-electron chi connectivity index (χ2n) is 4.73. The molecule has 0 saturated carbocycles. The Morgan fingerprint density at radius 1 is 1.52 bits per heavy atom. The maximum Gasteiger partial charge on any atom is 0.307 e. The second kappa shape index (κ2) is 6.73. The predicted octanol–water partition coefficient (Wildman–Crippen LogP) is 1.36. The summed E-state index contributed by atoms with van der Waals surface area (Å²) in [7, 11) is 0. The van der Waals surface area contributed by atoms with Crippen LogP contribution < -0.4 is 10.2 Å². The van der Waals surface area contributed by atoms with Crippen LogP contribution in [0.3, 0.4) is 0 Å². The standard InChI is InChI=1S/C14H18N2O4S/c1-9-10(2)21-14(19)16(9)6-5-13(18)15-11(8-17)12-4-3-7-20-12/h3-4,7,11,17H,5-6,8H2,1-2H3,(H,15,18). The molecular weight excluding hydrogens is 292 g/mol. The molecule has 0 aromatic carbocycles. The number of nitrogens with one attached hydrogen (secondary N) is 1. The minimum Gasteiger partial charge on any atom is -0.467 e. The van der Waals surface area contributed by atoms with E-state index in [2.05, 4.69) is 5.32 Å². The molecule has 2 rings (SSSR count). The molecular formula is C14H18N2O4S. The lowest BCUT2D eigenvalue weighted by Gasteiger charge is -2.14. The minimum absolute atomic E-state index is 0.0532. The molecule has 1 amide bonds. The second-order valence-corrected chi connectivity index (χ2v) is 5.90. The number of thiazole rings is 1. The Kier molecular flexibility index (Phi) is 4.98. The fourth-order valence-corrected chi connectivity index (χ4v) is 2.88. The van der Waals surface area contributed by atoms with Crippen LogP contribution in [0.1, 0.15) is 28.8 Å². The van der Waals surface area contributed by atoms with E-state index in [1.807, 2.05) is 13.8 Å². The lowest BCUT2D eigenvalue weighted by atomic mass is 10.2. The van der Waals surface area contributed by atoms with E-state index in [0.717, 1.165) is 10.6 Å². The molecule has 1 atom stereocenters. The summed E-state index contributed by atoms with van der Waals surface area (Å²) in [4.78, 5) is 24.6. The Hall–Kier alpha value is -1.86. The molecule has 114 valence electrons. The van der Waals surface area contributed by atoms with Crippen LogP contribution in [0.2, 0.25) is 0 Å². The molecule has 1 unspecified atom stereocenters. The monoisotopic (exact) mass is 310 g/mol. The van der Waals surface area contributed by atoms with Crippen molar-refractivity contribution in [1.82, 2.24) is 9.88 Å². The summed E-state index contributed by atoms with van der Waals surface area (Å²) < 4.78 is 6.76. The number of aryl methyl sites for hydroxylation is 1. The van der Waals surface area contributed by atoms with Gasteiger partial charge < -0.3 is 19.4 Å². The van der Waals surface area contributed by atoms with Crippen molar-refractivity contribution in [2.45, 2.75) is 32.9 Å². The predicted molar refractivity (Wildman–Crippen MR) is 79.3 cm³/mol. The van der Waals surface area contributed by atoms with Gasteiger partial charge in [-0.25, -0.2) is 0 Å². The van der Waals surface area contributed by atoms with Crippen molar-refractivity contribution in [3.05, 3.63) is 44.4 Å². The van der Waals surface area contributed by atoms with Crippen LogP contribution in [0, 0.1) is 13.8 Å². The zero-order valence-electron chi connectivity index (χ0n) is 12.0. The number of aliphatic hydroxyl groups excluding tert-OH is 1. The molecule has 0 radical (unpaired) electrons.